The number of carboxylic acid groups (broad SMARTS) is 1. The van der Waals surface area contributed by atoms with Crippen LogP contribution in [-0.4, -0.2) is 51.1 Å². The molecule has 1 saturated heterocycles. The minimum atomic E-state index is -0.970. The van der Waals surface area contributed by atoms with Crippen molar-refractivity contribution < 1.29 is 28.6 Å². The van der Waals surface area contributed by atoms with E-state index in [1.165, 1.54) is 0 Å². The molecular weight excluding hydrogens is 629 g/mol. The lowest BCUT2D eigenvalue weighted by Gasteiger charge is -2.53. The smallest absolute Gasteiger partial charge is 0.336 e. The molecule has 2 bridgehead atoms. The van der Waals surface area contributed by atoms with Crippen LogP contribution >= 0.6 is 23.2 Å². The Kier molecular flexibility index (Phi) is 7.71. The summed E-state index contributed by atoms with van der Waals surface area (Å²) in [6, 6.07) is 7.33. The number of fused-ring (bicyclic) bond motifs is 4. The van der Waals surface area contributed by atoms with Crippen LogP contribution in [0.5, 0.6) is 5.75 Å². The predicted octanol–water partition coefficient (Wildman–Crippen LogP) is 8.29. The molecule has 0 spiro atoms. The van der Waals surface area contributed by atoms with Crippen molar-refractivity contribution in [1.82, 2.24) is 15.1 Å². The molecule has 0 atom stereocenters. The number of pyridine rings is 2. The average Bonchev–Trinajstić information content (AvgIpc) is 3.84. The molecule has 0 amide bonds. The van der Waals surface area contributed by atoms with Gasteiger partial charge in [0.15, 0.2) is 0 Å². The quantitative estimate of drug-likeness (QED) is 0.189. The van der Waals surface area contributed by atoms with Gasteiger partial charge in [-0.15, -0.1) is 0 Å². The van der Waals surface area contributed by atoms with Crippen LogP contribution in [0.15, 0.2) is 41.2 Å². The number of carbonyl (C=O) groups is 1. The summed E-state index contributed by atoms with van der Waals surface area (Å²) in [5, 5.41) is 15.8. The number of halogens is 2. The van der Waals surface area contributed by atoms with Crippen molar-refractivity contribution >= 4 is 40.1 Å². The van der Waals surface area contributed by atoms with Crippen LogP contribution in [0.3, 0.4) is 0 Å². The Morgan fingerprint density at radius 1 is 0.957 bits per heavy atom. The maximum absolute atomic E-state index is 12.1. The molecular formula is C35H35Cl2N3O6. The second-order valence-electron chi connectivity index (χ2n) is 13.3. The van der Waals surface area contributed by atoms with Crippen LogP contribution in [0.1, 0.15) is 97.5 Å². The normalized spacial score (nSPS) is 24.8. The topological polar surface area (TPSA) is 117 Å². The summed E-state index contributed by atoms with van der Waals surface area (Å²) in [6.07, 6.45) is 12.4. The monoisotopic (exact) mass is 663 g/mol. The molecule has 11 heteroatoms. The Morgan fingerprint density at radius 3 is 2.35 bits per heavy atom. The van der Waals surface area contributed by atoms with E-state index in [0.717, 1.165) is 81.2 Å². The maximum atomic E-state index is 12.1. The molecule has 46 heavy (non-hydrogen) atoms. The van der Waals surface area contributed by atoms with E-state index in [1.54, 1.807) is 24.5 Å². The van der Waals surface area contributed by atoms with Crippen molar-refractivity contribution in [2.45, 2.75) is 93.9 Å². The predicted molar refractivity (Wildman–Crippen MR) is 172 cm³/mol. The molecule has 4 aromatic rings. The molecule has 5 fully saturated rings. The first-order valence-electron chi connectivity index (χ1n) is 16.2. The van der Waals surface area contributed by atoms with Crippen LogP contribution in [0.4, 0.5) is 0 Å². The van der Waals surface area contributed by atoms with Crippen LogP contribution < -0.4 is 4.74 Å². The largest absolute Gasteiger partial charge is 0.488 e. The second-order valence-corrected chi connectivity index (χ2v) is 14.1. The first-order valence-corrected chi connectivity index (χ1v) is 16.9. The summed E-state index contributed by atoms with van der Waals surface area (Å²) in [7, 11) is 0. The van der Waals surface area contributed by atoms with Crippen molar-refractivity contribution in [3.8, 4) is 17.0 Å². The van der Waals surface area contributed by atoms with Gasteiger partial charge in [0.25, 0.3) is 0 Å². The molecule has 4 saturated carbocycles. The summed E-state index contributed by atoms with van der Waals surface area (Å²) >= 11 is 13.1. The van der Waals surface area contributed by atoms with Crippen molar-refractivity contribution in [2.24, 2.45) is 0 Å². The minimum absolute atomic E-state index is 0.0235. The number of aromatic carboxylic acids is 1. The number of benzene rings is 1. The Morgan fingerprint density at radius 2 is 1.67 bits per heavy atom. The summed E-state index contributed by atoms with van der Waals surface area (Å²) in [4.78, 5) is 21.4. The van der Waals surface area contributed by atoms with Gasteiger partial charge in [-0.25, -0.2) is 9.78 Å². The highest BCUT2D eigenvalue weighted by Crippen LogP contribution is 2.56. The lowest BCUT2D eigenvalue weighted by molar-refractivity contribution is -0.127. The van der Waals surface area contributed by atoms with Gasteiger partial charge < -0.3 is 23.8 Å². The van der Waals surface area contributed by atoms with Crippen molar-refractivity contribution in [2.75, 3.05) is 13.2 Å². The average molecular weight is 665 g/mol. The Balaban J connectivity index is 1.04. The summed E-state index contributed by atoms with van der Waals surface area (Å²) in [5.74, 6) is 0.890. The van der Waals surface area contributed by atoms with E-state index in [0.29, 0.717) is 63.7 Å². The van der Waals surface area contributed by atoms with Crippen LogP contribution in [-0.2, 0) is 21.5 Å². The van der Waals surface area contributed by atoms with Gasteiger partial charge >= 0.3 is 5.97 Å². The second kappa shape index (κ2) is 11.8. The molecule has 9 rings (SSSR count). The van der Waals surface area contributed by atoms with E-state index in [2.05, 4.69) is 10.1 Å². The van der Waals surface area contributed by atoms with Crippen molar-refractivity contribution in [3.05, 3.63) is 69.3 Å². The summed E-state index contributed by atoms with van der Waals surface area (Å²) in [6.45, 7) is 1.70. The van der Waals surface area contributed by atoms with Crippen molar-refractivity contribution in [1.29, 1.82) is 0 Å². The third kappa shape index (κ3) is 5.35. The van der Waals surface area contributed by atoms with E-state index in [9.17, 15) is 9.90 Å². The zero-order valence-corrected chi connectivity index (χ0v) is 26.9. The molecule has 1 aromatic carbocycles. The lowest BCUT2D eigenvalue weighted by Crippen LogP contribution is -2.50. The molecule has 0 radical (unpaired) electrons. The highest BCUT2D eigenvalue weighted by molar-refractivity contribution is 6.38. The third-order valence-corrected chi connectivity index (χ3v) is 11.2. The summed E-state index contributed by atoms with van der Waals surface area (Å²) in [5.41, 5.74) is 3.73. The molecule has 5 aliphatic rings. The molecule has 1 N–H and O–H groups in total. The van der Waals surface area contributed by atoms with Gasteiger partial charge in [-0.2, -0.15) is 0 Å². The number of carboxylic acids is 1. The van der Waals surface area contributed by atoms with Gasteiger partial charge in [0.2, 0.25) is 0 Å². The van der Waals surface area contributed by atoms with Gasteiger partial charge in [-0.3, -0.25) is 4.98 Å². The molecule has 1 aliphatic heterocycles. The fourth-order valence-corrected chi connectivity index (χ4v) is 8.22. The first kappa shape index (κ1) is 30.1. The zero-order valence-electron chi connectivity index (χ0n) is 25.4. The number of ether oxygens (including phenoxy) is 3. The SMILES string of the molecule is O=C(O)c1ccc(OC2CCOCC2)c2nc(C34CCC(OCc5c(-c6c(Cl)cncc6Cl)noc5C5CC5)(CC3)CC4)ccc12. The Hall–Kier alpha value is -3.24. The van der Waals surface area contributed by atoms with E-state index >= 15 is 0 Å². The number of rotatable bonds is 9. The Bertz CT molecular complexity index is 1770. The molecule has 4 heterocycles. The van der Waals surface area contributed by atoms with Crippen LogP contribution in [0, 0.1) is 0 Å². The van der Waals surface area contributed by atoms with Gasteiger partial charge in [0, 0.05) is 58.8 Å². The fraction of sp³-hybridized carbons (Fsp3) is 0.486. The van der Waals surface area contributed by atoms with E-state index in [4.69, 9.17) is 46.9 Å². The minimum Gasteiger partial charge on any atom is -0.488 e. The van der Waals surface area contributed by atoms with Gasteiger partial charge in [-0.05, 0) is 75.6 Å². The molecule has 4 aliphatic carbocycles. The van der Waals surface area contributed by atoms with E-state index in [-0.39, 0.29) is 22.7 Å². The fourth-order valence-electron chi connectivity index (χ4n) is 7.68. The van der Waals surface area contributed by atoms with Crippen LogP contribution in [0.25, 0.3) is 22.2 Å². The third-order valence-electron chi connectivity index (χ3n) is 10.6. The number of aromatic nitrogens is 3. The highest BCUT2D eigenvalue weighted by Gasteiger charge is 2.51. The first-order chi connectivity index (χ1) is 22.3. The van der Waals surface area contributed by atoms with E-state index < -0.39 is 5.97 Å². The van der Waals surface area contributed by atoms with Crippen molar-refractivity contribution in [3.63, 3.8) is 0 Å². The van der Waals surface area contributed by atoms with Crippen LogP contribution in [0.2, 0.25) is 10.0 Å². The van der Waals surface area contributed by atoms with E-state index in [1.807, 2.05) is 12.1 Å². The number of hydrogen-bond donors (Lipinski definition) is 1. The Labute approximate surface area is 276 Å². The summed E-state index contributed by atoms with van der Waals surface area (Å²) < 4.78 is 24.6. The van der Waals surface area contributed by atoms with Gasteiger partial charge in [-0.1, -0.05) is 28.4 Å². The van der Waals surface area contributed by atoms with Gasteiger partial charge in [0.05, 0.1) is 41.0 Å². The number of hydrogen-bond acceptors (Lipinski definition) is 8. The standard InChI is InChI=1S/C35H35Cl2N3O6/c36-25-17-38-18-26(37)29(25)31-24(32(46-40-31)20-1-2-20)19-44-35-12-9-34(10-13-35,11-14-35)28-6-4-22-23(33(41)42)3-5-27(30(22)39-28)45-21-7-15-43-16-8-21/h3-6,17-18,20-21H,1-2,7-16,19H2,(H,41,42). The molecule has 9 nitrogen and oxygen atoms in total. The molecule has 240 valence electrons. The highest BCUT2D eigenvalue weighted by atomic mass is 35.5. The lowest BCUT2D eigenvalue weighted by atomic mass is 9.57. The maximum Gasteiger partial charge on any atom is 0.336 e. The molecule has 0 unspecified atom stereocenters. The molecule has 3 aromatic heterocycles. The number of nitrogens with zero attached hydrogens (tertiary/aromatic N) is 3. The zero-order chi connectivity index (χ0) is 31.5. The van der Waals surface area contributed by atoms with Gasteiger partial charge in [0.1, 0.15) is 28.8 Å².